The normalized spacial score (nSPS) is 12.4. The molecule has 1 aromatic heterocycles. The molecule has 1 aliphatic heterocycles. The molecule has 8 aromatic rings. The second kappa shape index (κ2) is 11.6. The molecule has 5 heteroatoms. The molecule has 0 saturated carbocycles. The summed E-state index contributed by atoms with van der Waals surface area (Å²) in [6.45, 7) is 7.42. The summed E-state index contributed by atoms with van der Waals surface area (Å²) in [7, 11) is 0. The SMILES string of the molecule is [C-]#[N+]c1ccc(-c2cccc3c4ccccc4n(-c4cccc5c4C(=O)N(c4cc(-c6ccccc6)cc(-c6ccccc6)c4)C5=O)c23)cc1. The summed E-state index contributed by atoms with van der Waals surface area (Å²) in [5, 5.41) is 2.07. The largest absolute Gasteiger partial charge is 0.308 e. The zero-order valence-corrected chi connectivity index (χ0v) is 26.7. The van der Waals surface area contributed by atoms with Crippen LogP contribution in [0.2, 0.25) is 0 Å². The monoisotopic (exact) mass is 641 g/mol. The molecule has 1 aliphatic rings. The number of para-hydroxylation sites is 2. The Balaban J connectivity index is 1.26. The van der Waals surface area contributed by atoms with Gasteiger partial charge in [-0.1, -0.05) is 127 Å². The fourth-order valence-corrected chi connectivity index (χ4v) is 7.24. The molecule has 0 spiro atoms. The van der Waals surface area contributed by atoms with Crippen molar-refractivity contribution >= 4 is 45.0 Å². The fourth-order valence-electron chi connectivity index (χ4n) is 7.24. The van der Waals surface area contributed by atoms with E-state index in [2.05, 4.69) is 39.7 Å². The van der Waals surface area contributed by atoms with Gasteiger partial charge >= 0.3 is 0 Å². The Morgan fingerprint density at radius 2 is 1.08 bits per heavy atom. The summed E-state index contributed by atoms with van der Waals surface area (Å²) >= 11 is 0. The standard InChI is InChI=1S/C45H27N3O2/c1-46-34-24-22-31(23-25-34)36-17-10-18-38-37-16-8-9-20-40(37)48(43(36)38)41-21-11-19-39-42(41)45(50)47(44(39)49)35-27-32(29-12-4-2-5-13-29)26-33(28-35)30-14-6-3-7-15-30/h2-28H. The molecule has 7 aromatic carbocycles. The summed E-state index contributed by atoms with van der Waals surface area (Å²) in [5.41, 5.74) is 10.0. The lowest BCUT2D eigenvalue weighted by Gasteiger charge is -2.18. The minimum absolute atomic E-state index is 0.355. The van der Waals surface area contributed by atoms with Gasteiger partial charge < -0.3 is 4.57 Å². The lowest BCUT2D eigenvalue weighted by molar-refractivity contribution is 0.0926. The van der Waals surface area contributed by atoms with Gasteiger partial charge in [0.1, 0.15) is 0 Å². The van der Waals surface area contributed by atoms with Gasteiger partial charge in [0.05, 0.1) is 40.1 Å². The number of carbonyl (C=O) groups excluding carboxylic acids is 2. The van der Waals surface area contributed by atoms with Gasteiger partial charge in [-0.25, -0.2) is 9.74 Å². The van der Waals surface area contributed by atoms with Gasteiger partial charge in [-0.2, -0.15) is 0 Å². The Bertz CT molecular complexity index is 2630. The number of anilines is 1. The molecule has 0 saturated heterocycles. The van der Waals surface area contributed by atoms with Crippen molar-refractivity contribution in [3.8, 4) is 39.1 Å². The van der Waals surface area contributed by atoms with Gasteiger partial charge in [0.15, 0.2) is 5.69 Å². The third-order valence-corrected chi connectivity index (χ3v) is 9.53. The molecule has 0 bridgehead atoms. The highest BCUT2D eigenvalue weighted by atomic mass is 16.2. The highest BCUT2D eigenvalue weighted by Gasteiger charge is 2.40. The molecule has 50 heavy (non-hydrogen) atoms. The summed E-state index contributed by atoms with van der Waals surface area (Å²) in [4.78, 5) is 34.0. The number of hydrogen-bond donors (Lipinski definition) is 0. The van der Waals surface area contributed by atoms with Crippen molar-refractivity contribution in [1.82, 2.24) is 4.57 Å². The van der Waals surface area contributed by atoms with E-state index in [1.165, 1.54) is 4.90 Å². The van der Waals surface area contributed by atoms with Crippen LogP contribution < -0.4 is 4.90 Å². The van der Waals surface area contributed by atoms with Crippen molar-refractivity contribution in [2.24, 2.45) is 0 Å². The van der Waals surface area contributed by atoms with Crippen LogP contribution >= 0.6 is 0 Å². The maximum atomic E-state index is 14.8. The maximum Gasteiger partial charge on any atom is 0.268 e. The van der Waals surface area contributed by atoms with Crippen molar-refractivity contribution in [2.75, 3.05) is 4.90 Å². The van der Waals surface area contributed by atoms with Gasteiger partial charge in [-0.3, -0.25) is 9.59 Å². The number of carbonyl (C=O) groups is 2. The predicted molar refractivity (Wildman–Crippen MR) is 201 cm³/mol. The number of imide groups is 1. The van der Waals surface area contributed by atoms with E-state index in [1.807, 2.05) is 127 Å². The predicted octanol–water partition coefficient (Wildman–Crippen LogP) is 11.1. The van der Waals surface area contributed by atoms with Gasteiger partial charge in [0, 0.05) is 16.3 Å². The van der Waals surface area contributed by atoms with Crippen LogP contribution in [0.15, 0.2) is 164 Å². The van der Waals surface area contributed by atoms with E-state index in [4.69, 9.17) is 6.57 Å². The van der Waals surface area contributed by atoms with Crippen LogP contribution in [0.1, 0.15) is 20.7 Å². The Morgan fingerprint density at radius 3 is 1.76 bits per heavy atom. The summed E-state index contributed by atoms with van der Waals surface area (Å²) in [6, 6.07) is 53.4. The molecule has 5 nitrogen and oxygen atoms in total. The second-order valence-corrected chi connectivity index (χ2v) is 12.4. The fraction of sp³-hybridized carbons (Fsp3) is 0. The first kappa shape index (κ1) is 29.1. The zero-order chi connectivity index (χ0) is 33.8. The smallest absolute Gasteiger partial charge is 0.268 e. The van der Waals surface area contributed by atoms with Crippen LogP contribution in [0.25, 0.3) is 65.7 Å². The Hall–Kier alpha value is -7.03. The number of rotatable bonds is 5. The number of hydrogen-bond acceptors (Lipinski definition) is 2. The molecule has 0 N–H and O–H groups in total. The topological polar surface area (TPSA) is 46.7 Å². The molecule has 0 unspecified atom stereocenters. The molecular weight excluding hydrogens is 615 g/mol. The van der Waals surface area contributed by atoms with Gasteiger partial charge in [-0.05, 0) is 64.2 Å². The van der Waals surface area contributed by atoms with Crippen LogP contribution in [-0.4, -0.2) is 16.4 Å². The number of amides is 2. The molecule has 0 radical (unpaired) electrons. The third-order valence-electron chi connectivity index (χ3n) is 9.53. The van der Waals surface area contributed by atoms with Crippen LogP contribution in [0, 0.1) is 6.57 Å². The zero-order valence-electron chi connectivity index (χ0n) is 26.7. The summed E-state index contributed by atoms with van der Waals surface area (Å²) in [6.07, 6.45) is 0. The van der Waals surface area contributed by atoms with E-state index >= 15 is 0 Å². The van der Waals surface area contributed by atoms with E-state index in [9.17, 15) is 9.59 Å². The van der Waals surface area contributed by atoms with Crippen molar-refractivity contribution in [1.29, 1.82) is 0 Å². The number of benzene rings is 7. The quantitative estimate of drug-likeness (QED) is 0.139. The molecule has 9 rings (SSSR count). The van der Waals surface area contributed by atoms with E-state index in [1.54, 1.807) is 6.07 Å². The summed E-state index contributed by atoms with van der Waals surface area (Å²) in [5.74, 6) is -0.721. The Kier molecular flexibility index (Phi) is 6.75. The highest BCUT2D eigenvalue weighted by Crippen LogP contribution is 2.42. The number of nitrogens with zero attached hydrogens (tertiary/aromatic N) is 3. The molecule has 0 fully saturated rings. The lowest BCUT2D eigenvalue weighted by atomic mass is 9.97. The van der Waals surface area contributed by atoms with Gasteiger partial charge in [0.25, 0.3) is 11.8 Å². The Labute approximate surface area is 288 Å². The lowest BCUT2D eigenvalue weighted by Crippen LogP contribution is -2.29. The minimum atomic E-state index is -0.366. The highest BCUT2D eigenvalue weighted by molar-refractivity contribution is 6.36. The van der Waals surface area contributed by atoms with Crippen molar-refractivity contribution in [3.05, 3.63) is 186 Å². The van der Waals surface area contributed by atoms with Crippen LogP contribution in [0.3, 0.4) is 0 Å². The van der Waals surface area contributed by atoms with Crippen molar-refractivity contribution in [3.63, 3.8) is 0 Å². The molecule has 0 aliphatic carbocycles. The van der Waals surface area contributed by atoms with E-state index in [0.29, 0.717) is 28.2 Å². The molecule has 0 atom stereocenters. The van der Waals surface area contributed by atoms with E-state index in [0.717, 1.165) is 55.2 Å². The molecule has 234 valence electrons. The summed E-state index contributed by atoms with van der Waals surface area (Å²) < 4.78 is 2.12. The van der Waals surface area contributed by atoms with Gasteiger partial charge in [0.2, 0.25) is 0 Å². The van der Waals surface area contributed by atoms with Crippen molar-refractivity contribution in [2.45, 2.75) is 0 Å². The van der Waals surface area contributed by atoms with Crippen LogP contribution in [0.4, 0.5) is 11.4 Å². The van der Waals surface area contributed by atoms with Crippen molar-refractivity contribution < 1.29 is 9.59 Å². The second-order valence-electron chi connectivity index (χ2n) is 12.4. The third kappa shape index (κ3) is 4.55. The Morgan fingerprint density at radius 1 is 0.480 bits per heavy atom. The average molecular weight is 642 g/mol. The minimum Gasteiger partial charge on any atom is -0.308 e. The van der Waals surface area contributed by atoms with E-state index < -0.39 is 0 Å². The first-order chi connectivity index (χ1) is 24.6. The molecule has 2 heterocycles. The maximum absolute atomic E-state index is 14.8. The van der Waals surface area contributed by atoms with Gasteiger partial charge in [-0.15, -0.1) is 0 Å². The number of fused-ring (bicyclic) bond motifs is 4. The van der Waals surface area contributed by atoms with Crippen LogP contribution in [0.5, 0.6) is 0 Å². The number of aromatic nitrogens is 1. The molecule has 2 amide bonds. The molecular formula is C45H27N3O2. The first-order valence-electron chi connectivity index (χ1n) is 16.4. The van der Waals surface area contributed by atoms with Crippen LogP contribution in [-0.2, 0) is 0 Å². The van der Waals surface area contributed by atoms with E-state index in [-0.39, 0.29) is 11.8 Å². The first-order valence-corrected chi connectivity index (χ1v) is 16.4. The average Bonchev–Trinajstić information content (AvgIpc) is 3.66.